The van der Waals surface area contributed by atoms with Crippen LogP contribution in [-0.2, 0) is 0 Å². The maximum Gasteiger partial charge on any atom is 0.401 e. The molecule has 1 atom stereocenters. The molecule has 0 amide bonds. The zero-order chi connectivity index (χ0) is 11.7. The van der Waals surface area contributed by atoms with E-state index >= 15 is 0 Å². The highest BCUT2D eigenvalue weighted by Crippen LogP contribution is 2.37. The molecule has 1 heterocycles. The molecule has 1 aliphatic rings. The Morgan fingerprint density at radius 2 is 1.93 bits per heavy atom. The molecule has 0 aromatic carbocycles. The number of halogens is 3. The molecule has 0 bridgehead atoms. The SMILES string of the molecule is CC(C)C1(C)CCCN(CC(F)(F)F)C1. The Bertz CT molecular complexity index is 212. The molecule has 90 valence electrons. The molecule has 1 aliphatic heterocycles. The second kappa shape index (κ2) is 4.32. The molecule has 1 fully saturated rings. The summed E-state index contributed by atoms with van der Waals surface area (Å²) < 4.78 is 36.8. The van der Waals surface area contributed by atoms with Gasteiger partial charge in [0, 0.05) is 6.54 Å². The Morgan fingerprint density at radius 3 is 2.40 bits per heavy atom. The fraction of sp³-hybridized carbons (Fsp3) is 1.00. The monoisotopic (exact) mass is 223 g/mol. The van der Waals surface area contributed by atoms with E-state index in [1.54, 1.807) is 4.90 Å². The molecule has 15 heavy (non-hydrogen) atoms. The van der Waals surface area contributed by atoms with E-state index in [1.165, 1.54) is 0 Å². The number of alkyl halides is 3. The average Bonchev–Trinajstić information content (AvgIpc) is 2.00. The van der Waals surface area contributed by atoms with Gasteiger partial charge in [-0.1, -0.05) is 20.8 Å². The number of likely N-dealkylation sites (tertiary alicyclic amines) is 1. The van der Waals surface area contributed by atoms with Crippen molar-refractivity contribution in [1.29, 1.82) is 0 Å². The highest BCUT2D eigenvalue weighted by Gasteiger charge is 2.38. The van der Waals surface area contributed by atoms with Gasteiger partial charge < -0.3 is 0 Å². The summed E-state index contributed by atoms with van der Waals surface area (Å²) in [6.07, 6.45) is -2.14. The number of hydrogen-bond donors (Lipinski definition) is 0. The number of hydrogen-bond acceptors (Lipinski definition) is 1. The molecule has 1 nitrogen and oxygen atoms in total. The normalized spacial score (nSPS) is 29.8. The first-order valence-electron chi connectivity index (χ1n) is 5.52. The van der Waals surface area contributed by atoms with Crippen LogP contribution in [0.15, 0.2) is 0 Å². The number of rotatable bonds is 2. The van der Waals surface area contributed by atoms with Crippen LogP contribution < -0.4 is 0 Å². The highest BCUT2D eigenvalue weighted by molar-refractivity contribution is 4.86. The van der Waals surface area contributed by atoms with Crippen molar-refractivity contribution in [1.82, 2.24) is 4.90 Å². The van der Waals surface area contributed by atoms with Crippen molar-refractivity contribution in [2.45, 2.75) is 39.8 Å². The molecule has 0 N–H and O–H groups in total. The predicted molar refractivity (Wildman–Crippen MR) is 54.7 cm³/mol. The van der Waals surface area contributed by atoms with E-state index in [-0.39, 0.29) is 5.41 Å². The minimum atomic E-state index is -4.06. The van der Waals surface area contributed by atoms with Gasteiger partial charge in [-0.25, -0.2) is 0 Å². The first-order valence-corrected chi connectivity index (χ1v) is 5.52. The Morgan fingerprint density at radius 1 is 1.33 bits per heavy atom. The Labute approximate surface area is 89.6 Å². The van der Waals surface area contributed by atoms with Gasteiger partial charge in [0.25, 0.3) is 0 Å². The predicted octanol–water partition coefficient (Wildman–Crippen LogP) is 3.31. The van der Waals surface area contributed by atoms with Gasteiger partial charge in [0.1, 0.15) is 0 Å². The van der Waals surface area contributed by atoms with E-state index in [0.717, 1.165) is 12.8 Å². The fourth-order valence-corrected chi connectivity index (χ4v) is 2.24. The van der Waals surface area contributed by atoms with Crippen molar-refractivity contribution in [2.75, 3.05) is 19.6 Å². The zero-order valence-corrected chi connectivity index (χ0v) is 9.69. The first-order chi connectivity index (χ1) is 6.73. The lowest BCUT2D eigenvalue weighted by Crippen LogP contribution is -2.47. The van der Waals surface area contributed by atoms with Gasteiger partial charge in [0.15, 0.2) is 0 Å². The van der Waals surface area contributed by atoms with Crippen LogP contribution in [0, 0.1) is 11.3 Å². The minimum absolute atomic E-state index is 0.0451. The topological polar surface area (TPSA) is 3.24 Å². The van der Waals surface area contributed by atoms with E-state index in [9.17, 15) is 13.2 Å². The summed E-state index contributed by atoms with van der Waals surface area (Å²) in [4.78, 5) is 1.55. The maximum atomic E-state index is 12.3. The molecule has 1 saturated heterocycles. The van der Waals surface area contributed by atoms with Gasteiger partial charge in [-0.3, -0.25) is 4.90 Å². The fourth-order valence-electron chi connectivity index (χ4n) is 2.24. The average molecular weight is 223 g/mol. The summed E-state index contributed by atoms with van der Waals surface area (Å²) in [7, 11) is 0. The third-order valence-corrected chi connectivity index (χ3v) is 3.60. The molecule has 1 unspecified atom stereocenters. The van der Waals surface area contributed by atoms with Crippen LogP contribution in [0.2, 0.25) is 0 Å². The lowest BCUT2D eigenvalue weighted by molar-refractivity contribution is -0.153. The number of piperidine rings is 1. The second-order valence-electron chi connectivity index (χ2n) is 5.24. The van der Waals surface area contributed by atoms with Crippen molar-refractivity contribution in [3.05, 3.63) is 0 Å². The van der Waals surface area contributed by atoms with E-state index in [4.69, 9.17) is 0 Å². The van der Waals surface area contributed by atoms with Gasteiger partial charge in [-0.15, -0.1) is 0 Å². The van der Waals surface area contributed by atoms with E-state index < -0.39 is 12.7 Å². The summed E-state index contributed by atoms with van der Waals surface area (Å²) in [6, 6.07) is 0. The third kappa shape index (κ3) is 3.67. The molecular weight excluding hydrogens is 203 g/mol. The van der Waals surface area contributed by atoms with Crippen LogP contribution >= 0.6 is 0 Å². The largest absolute Gasteiger partial charge is 0.401 e. The Hall–Kier alpha value is -0.250. The van der Waals surface area contributed by atoms with Crippen LogP contribution in [0.3, 0.4) is 0 Å². The first kappa shape index (κ1) is 12.8. The minimum Gasteiger partial charge on any atom is -0.294 e. The molecule has 0 aliphatic carbocycles. The maximum absolute atomic E-state index is 12.3. The van der Waals surface area contributed by atoms with Crippen LogP contribution in [0.25, 0.3) is 0 Å². The summed E-state index contributed by atoms with van der Waals surface area (Å²) in [5.74, 6) is 0.438. The van der Waals surface area contributed by atoms with Gasteiger partial charge in [0.2, 0.25) is 0 Å². The smallest absolute Gasteiger partial charge is 0.294 e. The van der Waals surface area contributed by atoms with Crippen LogP contribution in [-0.4, -0.2) is 30.7 Å². The third-order valence-electron chi connectivity index (χ3n) is 3.60. The molecule has 0 aromatic heterocycles. The lowest BCUT2D eigenvalue weighted by Gasteiger charge is -2.43. The lowest BCUT2D eigenvalue weighted by atomic mass is 9.73. The summed E-state index contributed by atoms with van der Waals surface area (Å²) in [5, 5.41) is 0. The van der Waals surface area contributed by atoms with Crippen molar-refractivity contribution >= 4 is 0 Å². The number of nitrogens with zero attached hydrogens (tertiary/aromatic N) is 1. The summed E-state index contributed by atoms with van der Waals surface area (Å²) in [6.45, 7) is 6.69. The summed E-state index contributed by atoms with van der Waals surface area (Å²) in [5.41, 5.74) is 0.0451. The van der Waals surface area contributed by atoms with Gasteiger partial charge >= 0.3 is 6.18 Å². The van der Waals surface area contributed by atoms with Crippen molar-refractivity contribution < 1.29 is 13.2 Å². The van der Waals surface area contributed by atoms with Crippen molar-refractivity contribution in [2.24, 2.45) is 11.3 Å². The van der Waals surface area contributed by atoms with Crippen LogP contribution in [0.1, 0.15) is 33.6 Å². The molecule has 4 heteroatoms. The highest BCUT2D eigenvalue weighted by atomic mass is 19.4. The quantitative estimate of drug-likeness (QED) is 0.694. The van der Waals surface area contributed by atoms with Gasteiger partial charge in [-0.2, -0.15) is 13.2 Å². The van der Waals surface area contributed by atoms with E-state index in [2.05, 4.69) is 20.8 Å². The van der Waals surface area contributed by atoms with Crippen molar-refractivity contribution in [3.8, 4) is 0 Å². The second-order valence-corrected chi connectivity index (χ2v) is 5.24. The molecule has 0 spiro atoms. The summed E-state index contributed by atoms with van der Waals surface area (Å²) >= 11 is 0. The van der Waals surface area contributed by atoms with Gasteiger partial charge in [-0.05, 0) is 30.7 Å². The van der Waals surface area contributed by atoms with E-state index in [1.807, 2.05) is 0 Å². The van der Waals surface area contributed by atoms with Crippen LogP contribution in [0.4, 0.5) is 13.2 Å². The van der Waals surface area contributed by atoms with Crippen molar-refractivity contribution in [3.63, 3.8) is 0 Å². The Balaban J connectivity index is 2.56. The van der Waals surface area contributed by atoms with Gasteiger partial charge in [0.05, 0.1) is 6.54 Å². The molecule has 1 rings (SSSR count). The molecular formula is C11H20F3N. The zero-order valence-electron chi connectivity index (χ0n) is 9.69. The molecule has 0 saturated carbocycles. The molecule has 0 radical (unpaired) electrons. The van der Waals surface area contributed by atoms with Crippen LogP contribution in [0.5, 0.6) is 0 Å². The van der Waals surface area contributed by atoms with E-state index in [0.29, 0.717) is 19.0 Å². The molecule has 0 aromatic rings. The Kier molecular flexibility index (Phi) is 3.69. The standard InChI is InChI=1S/C11H20F3N/c1-9(2)10(3)5-4-6-15(7-10)8-11(12,13)14/h9H,4-8H2,1-3H3.